The Kier molecular flexibility index (Phi) is 3.17. The summed E-state index contributed by atoms with van der Waals surface area (Å²) in [5, 5.41) is 0. The summed E-state index contributed by atoms with van der Waals surface area (Å²) in [5.41, 5.74) is 0.624. The number of hydrogen-bond donors (Lipinski definition) is 0. The highest BCUT2D eigenvalue weighted by molar-refractivity contribution is 6.77. The lowest BCUT2D eigenvalue weighted by atomic mass is 11.2. The van der Waals surface area contributed by atoms with Crippen molar-refractivity contribution in [3.63, 3.8) is 0 Å². The van der Waals surface area contributed by atoms with Gasteiger partial charge in [-0.15, -0.1) is 11.6 Å². The van der Waals surface area contributed by atoms with Crippen LogP contribution < -0.4 is 0 Å². The average molecular weight is 151 g/mol. The van der Waals surface area contributed by atoms with Gasteiger partial charge < -0.3 is 4.43 Å². The van der Waals surface area contributed by atoms with Crippen LogP contribution in [0.5, 0.6) is 0 Å². The summed E-state index contributed by atoms with van der Waals surface area (Å²) < 4.78 is 5.15. The van der Waals surface area contributed by atoms with E-state index >= 15 is 0 Å². The predicted octanol–water partition coefficient (Wildman–Crippen LogP) is 2.13. The summed E-state index contributed by atoms with van der Waals surface area (Å²) in [6.07, 6.45) is 1.47. The summed E-state index contributed by atoms with van der Waals surface area (Å²) in [7, 11) is -1.53. The van der Waals surface area contributed by atoms with Crippen molar-refractivity contribution in [1.29, 1.82) is 0 Å². The van der Waals surface area contributed by atoms with Gasteiger partial charge in [-0.05, 0) is 13.1 Å². The number of halogens is 1. The van der Waals surface area contributed by atoms with E-state index in [0.717, 1.165) is 0 Å². The fraction of sp³-hybridized carbons (Fsp3) is 0.600. The molecule has 0 radical (unpaired) electrons. The summed E-state index contributed by atoms with van der Waals surface area (Å²) >= 11 is 5.56. The molecular weight excluding hydrogens is 140 g/mol. The molecule has 0 aromatic carbocycles. The maximum absolute atomic E-state index is 5.56. The highest BCUT2D eigenvalue weighted by Crippen LogP contribution is 2.05. The van der Waals surface area contributed by atoms with Gasteiger partial charge in [0.15, 0.2) is 0 Å². The van der Waals surface area contributed by atoms with Gasteiger partial charge in [-0.1, -0.05) is 6.58 Å². The molecule has 0 heterocycles. The van der Waals surface area contributed by atoms with Crippen LogP contribution in [0.15, 0.2) is 12.8 Å². The second-order valence-corrected chi connectivity index (χ2v) is 7.00. The highest BCUT2D eigenvalue weighted by Gasteiger charge is 2.20. The normalized spacial score (nSPS) is 10.9. The molecule has 0 aromatic heterocycles. The van der Waals surface area contributed by atoms with Gasteiger partial charge in [-0.25, -0.2) is 0 Å². The van der Waals surface area contributed by atoms with Gasteiger partial charge in [-0.2, -0.15) is 0 Å². The Hall–Kier alpha value is 0.0469. The molecule has 8 heavy (non-hydrogen) atoms. The summed E-state index contributed by atoms with van der Waals surface area (Å²) in [6.45, 7) is 7.53. The zero-order chi connectivity index (χ0) is 6.62. The SMILES string of the molecule is C=CO[Si](C)(C)CCl. The van der Waals surface area contributed by atoms with Crippen molar-refractivity contribution < 1.29 is 4.43 Å². The third kappa shape index (κ3) is 3.10. The van der Waals surface area contributed by atoms with Crippen LogP contribution in [0.2, 0.25) is 13.1 Å². The third-order valence-electron chi connectivity index (χ3n) is 0.724. The molecule has 0 spiro atoms. The molecular formula is C5H11ClOSi. The van der Waals surface area contributed by atoms with Crippen LogP contribution in [-0.2, 0) is 4.43 Å². The van der Waals surface area contributed by atoms with Gasteiger partial charge in [0.2, 0.25) is 0 Å². The van der Waals surface area contributed by atoms with Crippen LogP contribution in [-0.4, -0.2) is 13.8 Å². The molecule has 48 valence electrons. The van der Waals surface area contributed by atoms with Crippen molar-refractivity contribution in [2.75, 3.05) is 5.50 Å². The molecule has 0 atom stereocenters. The van der Waals surface area contributed by atoms with Crippen molar-refractivity contribution in [2.45, 2.75) is 13.1 Å². The summed E-state index contributed by atoms with van der Waals surface area (Å²) in [5.74, 6) is 0. The van der Waals surface area contributed by atoms with Gasteiger partial charge in [0, 0.05) is 0 Å². The van der Waals surface area contributed by atoms with Crippen molar-refractivity contribution in [2.24, 2.45) is 0 Å². The topological polar surface area (TPSA) is 9.23 Å². The zero-order valence-corrected chi connectivity index (χ0v) is 7.03. The molecule has 0 aliphatic rings. The molecule has 3 heteroatoms. The average Bonchev–Trinajstić information content (AvgIpc) is 1.67. The molecule has 1 nitrogen and oxygen atoms in total. The van der Waals surface area contributed by atoms with E-state index in [1.807, 2.05) is 13.1 Å². The summed E-state index contributed by atoms with van der Waals surface area (Å²) in [6, 6.07) is 0. The maximum Gasteiger partial charge on any atom is 0.258 e. The smallest absolute Gasteiger partial charge is 0.258 e. The highest BCUT2D eigenvalue weighted by atomic mass is 35.5. The lowest BCUT2D eigenvalue weighted by molar-refractivity contribution is 0.480. The van der Waals surface area contributed by atoms with Gasteiger partial charge in [0.25, 0.3) is 8.32 Å². The van der Waals surface area contributed by atoms with Crippen molar-refractivity contribution in [3.8, 4) is 0 Å². The maximum atomic E-state index is 5.56. The van der Waals surface area contributed by atoms with E-state index in [0.29, 0.717) is 5.50 Å². The van der Waals surface area contributed by atoms with E-state index in [9.17, 15) is 0 Å². The second kappa shape index (κ2) is 3.15. The molecule has 0 rings (SSSR count). The minimum Gasteiger partial charge on any atom is -0.549 e. The van der Waals surface area contributed by atoms with E-state index in [4.69, 9.17) is 16.0 Å². The first kappa shape index (κ1) is 8.05. The minimum atomic E-state index is -1.53. The Morgan fingerprint density at radius 2 is 2.25 bits per heavy atom. The van der Waals surface area contributed by atoms with Crippen LogP contribution >= 0.6 is 11.6 Å². The number of rotatable bonds is 3. The first-order chi connectivity index (χ1) is 3.62. The Morgan fingerprint density at radius 1 is 1.75 bits per heavy atom. The van der Waals surface area contributed by atoms with Crippen LogP contribution in [0.4, 0.5) is 0 Å². The molecule has 0 aliphatic carbocycles. The fourth-order valence-corrected chi connectivity index (χ4v) is 0.960. The standard InChI is InChI=1S/C5H11ClOSi/c1-4-7-8(2,3)5-6/h4H,1,5H2,2-3H3. The monoisotopic (exact) mass is 150 g/mol. The minimum absolute atomic E-state index is 0.624. The Morgan fingerprint density at radius 3 is 2.38 bits per heavy atom. The molecule has 0 aliphatic heterocycles. The largest absolute Gasteiger partial charge is 0.549 e. The first-order valence-corrected chi connectivity index (χ1v) is 6.12. The van der Waals surface area contributed by atoms with E-state index < -0.39 is 8.32 Å². The zero-order valence-electron chi connectivity index (χ0n) is 5.28. The van der Waals surface area contributed by atoms with Crippen molar-refractivity contribution in [1.82, 2.24) is 0 Å². The van der Waals surface area contributed by atoms with Gasteiger partial charge in [0.1, 0.15) is 0 Å². The van der Waals surface area contributed by atoms with Crippen LogP contribution in [0.25, 0.3) is 0 Å². The number of hydrogen-bond acceptors (Lipinski definition) is 1. The van der Waals surface area contributed by atoms with Gasteiger partial charge in [0.05, 0.1) is 11.8 Å². The van der Waals surface area contributed by atoms with Crippen LogP contribution in [0.1, 0.15) is 0 Å². The molecule has 0 bridgehead atoms. The van der Waals surface area contributed by atoms with Crippen molar-refractivity contribution in [3.05, 3.63) is 12.8 Å². The van der Waals surface area contributed by atoms with E-state index in [2.05, 4.69) is 6.58 Å². The lowest BCUT2D eigenvalue weighted by Crippen LogP contribution is -2.30. The Bertz CT molecular complexity index is 82.5. The van der Waals surface area contributed by atoms with E-state index in [-0.39, 0.29) is 0 Å². The predicted molar refractivity (Wildman–Crippen MR) is 39.5 cm³/mol. The third-order valence-corrected chi connectivity index (χ3v) is 4.10. The van der Waals surface area contributed by atoms with E-state index in [1.54, 1.807) is 0 Å². The molecule has 0 amide bonds. The Labute approximate surface area is 56.4 Å². The molecule has 0 fully saturated rings. The Balaban J connectivity index is 3.53. The van der Waals surface area contributed by atoms with Crippen LogP contribution in [0.3, 0.4) is 0 Å². The summed E-state index contributed by atoms with van der Waals surface area (Å²) in [4.78, 5) is 0. The van der Waals surface area contributed by atoms with Gasteiger partial charge in [-0.3, -0.25) is 0 Å². The fourth-order valence-electron chi connectivity index (χ4n) is 0.257. The van der Waals surface area contributed by atoms with E-state index in [1.165, 1.54) is 6.26 Å². The quantitative estimate of drug-likeness (QED) is 0.340. The first-order valence-electron chi connectivity index (χ1n) is 2.47. The lowest BCUT2D eigenvalue weighted by Gasteiger charge is -2.16. The van der Waals surface area contributed by atoms with Gasteiger partial charge >= 0.3 is 0 Å². The molecule has 0 unspecified atom stereocenters. The van der Waals surface area contributed by atoms with Crippen LogP contribution in [0, 0.1) is 0 Å². The molecule has 0 saturated carbocycles. The molecule has 0 N–H and O–H groups in total. The van der Waals surface area contributed by atoms with Crippen molar-refractivity contribution >= 4 is 19.9 Å². The molecule has 0 saturated heterocycles. The molecule has 0 aromatic rings. The number of alkyl halides is 1. The second-order valence-electron chi connectivity index (χ2n) is 2.18.